The van der Waals surface area contributed by atoms with Crippen LogP contribution < -0.4 is 10.6 Å². The number of benzene rings is 2. The molecule has 130 valence electrons. The minimum absolute atomic E-state index is 0.0661. The smallest absolute Gasteiger partial charge is 0.248 e. The standard InChI is InChI=1S/C18H18N2O4S/c1-13(21)19-15-10-7-14(8-11-15)9-12-18(22)20-16-5-3-4-6-17(16)25(2,23)24/h3-12H,1-2H3,(H,19,21)(H,20,22)/b12-9+. The van der Waals surface area contributed by atoms with Gasteiger partial charge in [-0.1, -0.05) is 24.3 Å². The van der Waals surface area contributed by atoms with E-state index in [4.69, 9.17) is 0 Å². The van der Waals surface area contributed by atoms with Gasteiger partial charge in [0, 0.05) is 24.9 Å². The fourth-order valence-electron chi connectivity index (χ4n) is 2.12. The van der Waals surface area contributed by atoms with Gasteiger partial charge in [-0.25, -0.2) is 8.42 Å². The van der Waals surface area contributed by atoms with Crippen molar-refractivity contribution in [1.29, 1.82) is 0 Å². The number of sulfone groups is 1. The van der Waals surface area contributed by atoms with Crippen LogP contribution in [0.1, 0.15) is 12.5 Å². The second kappa shape index (κ2) is 7.76. The summed E-state index contributed by atoms with van der Waals surface area (Å²) in [4.78, 5) is 23.1. The number of hydrogen-bond donors (Lipinski definition) is 2. The molecule has 6 nitrogen and oxygen atoms in total. The van der Waals surface area contributed by atoms with Crippen molar-refractivity contribution in [2.75, 3.05) is 16.9 Å². The van der Waals surface area contributed by atoms with Crippen LogP contribution in [0.4, 0.5) is 11.4 Å². The average molecular weight is 358 g/mol. The molecule has 0 aromatic heterocycles. The third kappa shape index (κ3) is 5.58. The fraction of sp³-hybridized carbons (Fsp3) is 0.111. The van der Waals surface area contributed by atoms with E-state index in [0.717, 1.165) is 11.8 Å². The number of carbonyl (C=O) groups excluding carboxylic acids is 2. The van der Waals surface area contributed by atoms with Crippen molar-refractivity contribution in [3.63, 3.8) is 0 Å². The van der Waals surface area contributed by atoms with Crippen molar-refractivity contribution in [1.82, 2.24) is 0 Å². The van der Waals surface area contributed by atoms with Gasteiger partial charge in [-0.05, 0) is 35.9 Å². The first kappa shape index (κ1) is 18.4. The Morgan fingerprint density at radius 3 is 2.20 bits per heavy atom. The van der Waals surface area contributed by atoms with Crippen molar-refractivity contribution >= 4 is 39.1 Å². The summed E-state index contributed by atoms with van der Waals surface area (Å²) in [6.45, 7) is 1.42. The van der Waals surface area contributed by atoms with Crippen LogP contribution in [0, 0.1) is 0 Å². The van der Waals surface area contributed by atoms with Gasteiger partial charge >= 0.3 is 0 Å². The zero-order valence-corrected chi connectivity index (χ0v) is 14.6. The molecule has 7 heteroatoms. The van der Waals surface area contributed by atoms with Crippen LogP contribution >= 0.6 is 0 Å². The lowest BCUT2D eigenvalue weighted by Crippen LogP contribution is -2.11. The lowest BCUT2D eigenvalue weighted by atomic mass is 10.2. The molecule has 0 atom stereocenters. The molecule has 0 aliphatic rings. The summed E-state index contributed by atoms with van der Waals surface area (Å²) in [5.41, 5.74) is 1.66. The number of para-hydroxylation sites is 1. The minimum atomic E-state index is -3.43. The van der Waals surface area contributed by atoms with E-state index in [0.29, 0.717) is 5.69 Å². The maximum absolute atomic E-state index is 12.0. The van der Waals surface area contributed by atoms with Crippen molar-refractivity contribution in [3.8, 4) is 0 Å². The lowest BCUT2D eigenvalue weighted by molar-refractivity contribution is -0.114. The van der Waals surface area contributed by atoms with E-state index in [1.165, 1.54) is 25.1 Å². The van der Waals surface area contributed by atoms with Crippen molar-refractivity contribution in [2.24, 2.45) is 0 Å². The van der Waals surface area contributed by atoms with E-state index in [9.17, 15) is 18.0 Å². The van der Waals surface area contributed by atoms with Gasteiger partial charge < -0.3 is 10.6 Å². The van der Waals surface area contributed by atoms with Gasteiger partial charge in [0.15, 0.2) is 9.84 Å². The van der Waals surface area contributed by atoms with Crippen molar-refractivity contribution < 1.29 is 18.0 Å². The van der Waals surface area contributed by atoms with E-state index in [1.807, 2.05) is 0 Å². The van der Waals surface area contributed by atoms with E-state index in [-0.39, 0.29) is 16.5 Å². The van der Waals surface area contributed by atoms with Crippen LogP contribution in [0.2, 0.25) is 0 Å². The SMILES string of the molecule is CC(=O)Nc1ccc(/C=C/C(=O)Nc2ccccc2S(C)(=O)=O)cc1. The molecule has 25 heavy (non-hydrogen) atoms. The fourth-order valence-corrected chi connectivity index (χ4v) is 2.96. The molecule has 0 bridgehead atoms. The molecule has 0 saturated heterocycles. The molecule has 0 saturated carbocycles. The van der Waals surface area contributed by atoms with Crippen LogP contribution in [-0.2, 0) is 19.4 Å². The van der Waals surface area contributed by atoms with Crippen LogP contribution in [-0.4, -0.2) is 26.5 Å². The van der Waals surface area contributed by atoms with E-state index >= 15 is 0 Å². The van der Waals surface area contributed by atoms with E-state index in [2.05, 4.69) is 10.6 Å². The summed E-state index contributed by atoms with van der Waals surface area (Å²) < 4.78 is 23.4. The largest absolute Gasteiger partial charge is 0.326 e. The van der Waals surface area contributed by atoms with Crippen LogP contribution in [0.5, 0.6) is 0 Å². The number of rotatable bonds is 5. The van der Waals surface area contributed by atoms with Crippen LogP contribution in [0.3, 0.4) is 0 Å². The summed E-state index contributed by atoms with van der Waals surface area (Å²) in [6, 6.07) is 13.2. The predicted octanol–water partition coefficient (Wildman–Crippen LogP) is 2.70. The molecule has 0 aliphatic heterocycles. The Morgan fingerprint density at radius 1 is 0.960 bits per heavy atom. The molecule has 2 aromatic rings. The minimum Gasteiger partial charge on any atom is -0.326 e. The molecule has 2 aromatic carbocycles. The molecule has 2 amide bonds. The topological polar surface area (TPSA) is 92.3 Å². The van der Waals surface area contributed by atoms with Crippen LogP contribution in [0.15, 0.2) is 59.5 Å². The lowest BCUT2D eigenvalue weighted by Gasteiger charge is -2.07. The van der Waals surface area contributed by atoms with Crippen molar-refractivity contribution in [3.05, 3.63) is 60.2 Å². The highest BCUT2D eigenvalue weighted by Gasteiger charge is 2.13. The summed E-state index contributed by atoms with van der Waals surface area (Å²) in [6.07, 6.45) is 3.99. The monoisotopic (exact) mass is 358 g/mol. The highest BCUT2D eigenvalue weighted by molar-refractivity contribution is 7.90. The second-order valence-corrected chi connectivity index (χ2v) is 7.38. The summed E-state index contributed by atoms with van der Waals surface area (Å²) in [5, 5.41) is 5.21. The van der Waals surface area contributed by atoms with Crippen LogP contribution in [0.25, 0.3) is 6.08 Å². The van der Waals surface area contributed by atoms with E-state index in [1.54, 1.807) is 42.5 Å². The van der Waals surface area contributed by atoms with E-state index < -0.39 is 15.7 Å². The van der Waals surface area contributed by atoms with Gasteiger partial charge in [0.2, 0.25) is 11.8 Å². The molecular formula is C18H18N2O4S. The molecule has 0 aliphatic carbocycles. The molecule has 0 radical (unpaired) electrons. The Labute approximate surface area is 146 Å². The molecule has 0 spiro atoms. The molecule has 0 unspecified atom stereocenters. The van der Waals surface area contributed by atoms with Gasteiger partial charge in [0.05, 0.1) is 10.6 Å². The highest BCUT2D eigenvalue weighted by Crippen LogP contribution is 2.20. The quantitative estimate of drug-likeness (QED) is 0.804. The molecular weight excluding hydrogens is 340 g/mol. The third-order valence-corrected chi connectivity index (χ3v) is 4.36. The Balaban J connectivity index is 2.08. The Bertz CT molecular complexity index is 916. The number of amides is 2. The van der Waals surface area contributed by atoms with Crippen molar-refractivity contribution in [2.45, 2.75) is 11.8 Å². The number of anilines is 2. The Morgan fingerprint density at radius 2 is 1.60 bits per heavy atom. The summed E-state index contributed by atoms with van der Waals surface area (Å²) >= 11 is 0. The van der Waals surface area contributed by atoms with Gasteiger partial charge in [0.1, 0.15) is 0 Å². The predicted molar refractivity (Wildman–Crippen MR) is 98.0 cm³/mol. The number of hydrogen-bond acceptors (Lipinski definition) is 4. The normalized spacial score (nSPS) is 11.3. The molecule has 2 rings (SSSR count). The summed E-state index contributed by atoms with van der Waals surface area (Å²) in [7, 11) is -3.43. The Hall–Kier alpha value is -2.93. The third-order valence-electron chi connectivity index (χ3n) is 3.20. The van der Waals surface area contributed by atoms with Gasteiger partial charge in [-0.15, -0.1) is 0 Å². The first-order valence-corrected chi connectivity index (χ1v) is 9.30. The molecule has 0 fully saturated rings. The summed E-state index contributed by atoms with van der Waals surface area (Å²) in [5.74, 6) is -0.603. The second-order valence-electron chi connectivity index (χ2n) is 5.39. The number of carbonyl (C=O) groups is 2. The van der Waals surface area contributed by atoms with Gasteiger partial charge in [0.25, 0.3) is 0 Å². The number of nitrogens with one attached hydrogen (secondary N) is 2. The van der Waals surface area contributed by atoms with Gasteiger partial charge in [-0.2, -0.15) is 0 Å². The molecule has 2 N–H and O–H groups in total. The average Bonchev–Trinajstić information content (AvgIpc) is 2.53. The Kier molecular flexibility index (Phi) is 5.71. The first-order chi connectivity index (χ1) is 11.8. The highest BCUT2D eigenvalue weighted by atomic mass is 32.2. The maximum atomic E-state index is 12.0. The zero-order chi connectivity index (χ0) is 18.4. The zero-order valence-electron chi connectivity index (χ0n) is 13.8. The van der Waals surface area contributed by atoms with Gasteiger partial charge in [-0.3, -0.25) is 9.59 Å². The maximum Gasteiger partial charge on any atom is 0.248 e. The first-order valence-electron chi connectivity index (χ1n) is 7.41. The molecule has 0 heterocycles.